The van der Waals surface area contributed by atoms with Gasteiger partial charge in [-0.05, 0) is 47.5 Å². The molecule has 0 saturated heterocycles. The van der Waals surface area contributed by atoms with Gasteiger partial charge in [0.15, 0.2) is 0 Å². The first kappa shape index (κ1) is 26.6. The molecule has 0 saturated carbocycles. The molecule has 5 nitrogen and oxygen atoms in total. The molecule has 43 heavy (non-hydrogen) atoms. The summed E-state index contributed by atoms with van der Waals surface area (Å²) in [5, 5.41) is 0. The Labute approximate surface area is 252 Å². The molecule has 4 aromatic carbocycles. The fourth-order valence-corrected chi connectivity index (χ4v) is 6.39. The van der Waals surface area contributed by atoms with E-state index >= 15 is 0 Å². The number of fused-ring (bicyclic) bond motifs is 2. The average Bonchev–Trinajstić information content (AvgIpc) is 3.54. The van der Waals surface area contributed by atoms with Crippen LogP contribution >= 0.6 is 0 Å². The third-order valence-electron chi connectivity index (χ3n) is 8.46. The number of ether oxygens (including phenoxy) is 1. The highest BCUT2D eigenvalue weighted by molar-refractivity contribution is 6.01. The number of hydrogen-bond donors (Lipinski definition) is 0. The lowest BCUT2D eigenvalue weighted by Gasteiger charge is -2.32. The maximum Gasteiger partial charge on any atom is 0.340 e. The number of nitrogens with zero attached hydrogens (tertiary/aromatic N) is 3. The van der Waals surface area contributed by atoms with Crippen LogP contribution in [-0.2, 0) is 10.3 Å². The van der Waals surface area contributed by atoms with Crippen LogP contribution in [0.3, 0.4) is 0 Å². The zero-order chi connectivity index (χ0) is 29.7. The molecule has 212 valence electrons. The van der Waals surface area contributed by atoms with Gasteiger partial charge in [0, 0.05) is 68.0 Å². The Kier molecular flexibility index (Phi) is 6.32. The van der Waals surface area contributed by atoms with Gasteiger partial charge < -0.3 is 18.9 Å². The van der Waals surface area contributed by atoms with E-state index < -0.39 is 5.60 Å². The maximum absolute atomic E-state index is 14.0. The van der Waals surface area contributed by atoms with Crippen molar-refractivity contribution in [3.8, 4) is 22.3 Å². The van der Waals surface area contributed by atoms with Gasteiger partial charge in [-0.1, -0.05) is 84.9 Å². The molecule has 0 spiro atoms. The Morgan fingerprint density at radius 2 is 1.21 bits per heavy atom. The minimum absolute atomic E-state index is 0.332. The molecule has 0 radical (unpaired) electrons. The van der Waals surface area contributed by atoms with Gasteiger partial charge in [0.1, 0.15) is 0 Å². The monoisotopic (exact) mass is 563 g/mol. The fraction of sp³-hybridized carbons (Fsp3) is 0.132. The Morgan fingerprint density at radius 3 is 1.84 bits per heavy atom. The van der Waals surface area contributed by atoms with E-state index in [2.05, 4.69) is 113 Å². The summed E-state index contributed by atoms with van der Waals surface area (Å²) in [4.78, 5) is 18.1. The van der Waals surface area contributed by atoms with Gasteiger partial charge in [-0.15, -0.1) is 0 Å². The van der Waals surface area contributed by atoms with E-state index in [0.29, 0.717) is 5.56 Å². The van der Waals surface area contributed by atoms with Crippen LogP contribution in [0.2, 0.25) is 0 Å². The highest BCUT2D eigenvalue weighted by atomic mass is 16.6. The predicted molar refractivity (Wildman–Crippen MR) is 175 cm³/mol. The number of esters is 1. The van der Waals surface area contributed by atoms with Crippen LogP contribution in [0.4, 0.5) is 11.4 Å². The van der Waals surface area contributed by atoms with Crippen LogP contribution < -0.4 is 9.80 Å². The van der Waals surface area contributed by atoms with Crippen molar-refractivity contribution in [2.45, 2.75) is 5.60 Å². The van der Waals surface area contributed by atoms with Crippen molar-refractivity contribution in [2.75, 3.05) is 38.0 Å². The molecule has 1 aliphatic heterocycles. The van der Waals surface area contributed by atoms with Gasteiger partial charge in [-0.25, -0.2) is 4.79 Å². The molecule has 5 heteroatoms. The number of anilines is 2. The minimum atomic E-state index is -1.20. The summed E-state index contributed by atoms with van der Waals surface area (Å²) < 4.78 is 8.97. The molecule has 1 atom stereocenters. The minimum Gasteiger partial charge on any atom is -0.439 e. The number of hydrogen-bond acceptors (Lipinski definition) is 4. The summed E-state index contributed by atoms with van der Waals surface area (Å²) in [5.41, 5.74) is 9.34. The number of pyridine rings is 1. The van der Waals surface area contributed by atoms with Gasteiger partial charge in [-0.3, -0.25) is 0 Å². The van der Waals surface area contributed by atoms with Gasteiger partial charge in [0.2, 0.25) is 5.60 Å². The zero-order valence-electron chi connectivity index (χ0n) is 24.8. The average molecular weight is 564 g/mol. The first-order chi connectivity index (χ1) is 20.9. The van der Waals surface area contributed by atoms with Crippen LogP contribution in [-0.4, -0.2) is 38.6 Å². The predicted octanol–water partition coefficient (Wildman–Crippen LogP) is 7.87. The first-order valence-electron chi connectivity index (χ1n) is 14.5. The van der Waals surface area contributed by atoms with Crippen molar-refractivity contribution >= 4 is 22.9 Å². The van der Waals surface area contributed by atoms with E-state index in [4.69, 9.17) is 4.74 Å². The zero-order valence-corrected chi connectivity index (χ0v) is 24.8. The van der Waals surface area contributed by atoms with Gasteiger partial charge in [0.05, 0.1) is 16.8 Å². The SMILES string of the molecule is CN(C)c1ccc(C2(c3c(-c4ccccc4)c(-c4ccccc4)c4ccccn34)OC(=O)c3cc(N(C)C)ccc32)cc1. The lowest BCUT2D eigenvalue weighted by molar-refractivity contribution is 0.0238. The third-order valence-corrected chi connectivity index (χ3v) is 8.46. The molecule has 0 N–H and O–H groups in total. The molecule has 2 aromatic heterocycles. The number of cyclic esters (lactones) is 1. The summed E-state index contributed by atoms with van der Waals surface area (Å²) in [6, 6.07) is 41.6. The Bertz CT molecular complexity index is 1960. The topological polar surface area (TPSA) is 37.2 Å². The second-order valence-corrected chi connectivity index (χ2v) is 11.4. The Balaban J connectivity index is 1.66. The van der Waals surface area contributed by atoms with E-state index in [0.717, 1.165) is 56.0 Å². The molecule has 1 aliphatic rings. The van der Waals surface area contributed by atoms with E-state index in [1.807, 2.05) is 57.4 Å². The standard InChI is InChI=1S/C38H33N3O2/c1-39(2)29-20-18-28(19-21-29)38(32-23-22-30(40(3)4)25-31(32)37(42)43-38)36-35(27-15-9-6-10-16-27)34(26-13-7-5-8-14-26)33-17-11-12-24-41(33)36/h5-25H,1-4H3. The van der Waals surface area contributed by atoms with E-state index in [-0.39, 0.29) is 5.97 Å². The Morgan fingerprint density at radius 1 is 0.628 bits per heavy atom. The molecule has 0 fully saturated rings. The van der Waals surface area contributed by atoms with Crippen molar-refractivity contribution in [3.05, 3.63) is 150 Å². The molecule has 0 bridgehead atoms. The highest BCUT2D eigenvalue weighted by Gasteiger charge is 2.52. The fourth-order valence-electron chi connectivity index (χ4n) is 6.39. The summed E-state index contributed by atoms with van der Waals surface area (Å²) in [5.74, 6) is -0.332. The van der Waals surface area contributed by atoms with Crippen LogP contribution in [0, 0.1) is 0 Å². The second kappa shape index (κ2) is 10.2. The van der Waals surface area contributed by atoms with Crippen LogP contribution in [0.1, 0.15) is 27.2 Å². The first-order valence-corrected chi connectivity index (χ1v) is 14.5. The smallest absolute Gasteiger partial charge is 0.340 e. The quantitative estimate of drug-likeness (QED) is 0.193. The number of carbonyl (C=O) groups is 1. The van der Waals surface area contributed by atoms with E-state index in [9.17, 15) is 4.79 Å². The normalized spacial score (nSPS) is 15.8. The number of carbonyl (C=O) groups excluding carboxylic acids is 1. The van der Waals surface area contributed by atoms with Gasteiger partial charge in [0.25, 0.3) is 0 Å². The van der Waals surface area contributed by atoms with Crippen LogP contribution in [0.25, 0.3) is 27.8 Å². The lowest BCUT2D eigenvalue weighted by atomic mass is 9.79. The number of benzene rings is 4. The van der Waals surface area contributed by atoms with Crippen molar-refractivity contribution in [3.63, 3.8) is 0 Å². The summed E-state index contributed by atoms with van der Waals surface area (Å²) >= 11 is 0. The molecule has 0 aliphatic carbocycles. The molecular weight excluding hydrogens is 530 g/mol. The molecule has 1 unspecified atom stereocenters. The molecule has 0 amide bonds. The van der Waals surface area contributed by atoms with Gasteiger partial charge in [-0.2, -0.15) is 0 Å². The second-order valence-electron chi connectivity index (χ2n) is 11.4. The van der Waals surface area contributed by atoms with Crippen molar-refractivity contribution in [1.82, 2.24) is 4.40 Å². The molecule has 6 aromatic rings. The van der Waals surface area contributed by atoms with Crippen molar-refractivity contribution < 1.29 is 9.53 Å². The lowest BCUT2D eigenvalue weighted by Crippen LogP contribution is -2.32. The summed E-state index contributed by atoms with van der Waals surface area (Å²) in [7, 11) is 8.02. The molecule has 7 rings (SSSR count). The summed E-state index contributed by atoms with van der Waals surface area (Å²) in [6.07, 6.45) is 2.08. The summed E-state index contributed by atoms with van der Waals surface area (Å²) in [6.45, 7) is 0. The van der Waals surface area contributed by atoms with Crippen molar-refractivity contribution in [2.24, 2.45) is 0 Å². The maximum atomic E-state index is 14.0. The third kappa shape index (κ3) is 4.11. The highest BCUT2D eigenvalue weighted by Crippen LogP contribution is 2.54. The van der Waals surface area contributed by atoms with Crippen molar-refractivity contribution in [1.29, 1.82) is 0 Å². The van der Waals surface area contributed by atoms with E-state index in [1.54, 1.807) is 0 Å². The van der Waals surface area contributed by atoms with E-state index in [1.165, 1.54) is 0 Å². The van der Waals surface area contributed by atoms with Gasteiger partial charge >= 0.3 is 5.97 Å². The largest absolute Gasteiger partial charge is 0.439 e. The number of aromatic nitrogens is 1. The molecular formula is C38H33N3O2. The number of rotatable bonds is 6. The Hall–Kier alpha value is -5.29. The van der Waals surface area contributed by atoms with Crippen LogP contribution in [0.15, 0.2) is 128 Å². The molecule has 3 heterocycles. The van der Waals surface area contributed by atoms with Crippen LogP contribution in [0.5, 0.6) is 0 Å².